The van der Waals surface area contributed by atoms with E-state index in [1.807, 2.05) is 0 Å². The second-order valence-electron chi connectivity index (χ2n) is 1.62. The molecule has 0 aliphatic carbocycles. The van der Waals surface area contributed by atoms with E-state index in [1.165, 1.54) is 11.8 Å². The van der Waals surface area contributed by atoms with Gasteiger partial charge in [0.2, 0.25) is 0 Å². The average molecular weight is 145 g/mol. The number of carbonyl (C=O) groups is 1. The van der Waals surface area contributed by atoms with Crippen molar-refractivity contribution in [1.82, 2.24) is 5.32 Å². The SMILES string of the molecule is O=C(O)C1=CCNCS1. The van der Waals surface area contributed by atoms with Gasteiger partial charge in [-0.05, 0) is 6.08 Å². The minimum atomic E-state index is -0.818. The molecule has 1 aliphatic heterocycles. The summed E-state index contributed by atoms with van der Waals surface area (Å²) in [7, 11) is 0. The molecule has 4 heteroatoms. The van der Waals surface area contributed by atoms with Crippen LogP contribution in [-0.2, 0) is 4.79 Å². The molecule has 1 heterocycles. The molecule has 9 heavy (non-hydrogen) atoms. The highest BCUT2D eigenvalue weighted by atomic mass is 32.2. The predicted molar refractivity (Wildman–Crippen MR) is 36.2 cm³/mol. The molecule has 2 N–H and O–H groups in total. The van der Waals surface area contributed by atoms with Gasteiger partial charge in [-0.15, -0.1) is 11.8 Å². The molecule has 3 nitrogen and oxygen atoms in total. The highest BCUT2D eigenvalue weighted by Crippen LogP contribution is 2.16. The van der Waals surface area contributed by atoms with Crippen molar-refractivity contribution < 1.29 is 9.90 Å². The lowest BCUT2D eigenvalue weighted by atomic mass is 10.5. The first-order valence-corrected chi connectivity index (χ1v) is 3.56. The summed E-state index contributed by atoms with van der Waals surface area (Å²) in [5.74, 6) is -0.112. The van der Waals surface area contributed by atoms with Crippen molar-refractivity contribution in [1.29, 1.82) is 0 Å². The van der Waals surface area contributed by atoms with Crippen LogP contribution in [0.4, 0.5) is 0 Å². The van der Waals surface area contributed by atoms with E-state index >= 15 is 0 Å². The molecule has 0 amide bonds. The monoisotopic (exact) mass is 145 g/mol. The first-order valence-electron chi connectivity index (χ1n) is 2.57. The minimum Gasteiger partial charge on any atom is -0.477 e. The second kappa shape index (κ2) is 2.89. The number of carboxylic acid groups (broad SMARTS) is 1. The average Bonchev–Trinajstić information content (AvgIpc) is 1.90. The third kappa shape index (κ3) is 1.73. The molecule has 1 rings (SSSR count). The zero-order chi connectivity index (χ0) is 6.69. The molecule has 0 aromatic heterocycles. The van der Waals surface area contributed by atoms with Gasteiger partial charge < -0.3 is 10.4 Å². The van der Waals surface area contributed by atoms with E-state index in [0.29, 0.717) is 17.3 Å². The van der Waals surface area contributed by atoms with Gasteiger partial charge in [0.05, 0.1) is 4.91 Å². The lowest BCUT2D eigenvalue weighted by Gasteiger charge is -2.08. The molecule has 0 aromatic carbocycles. The summed E-state index contributed by atoms with van der Waals surface area (Å²) < 4.78 is 0. The van der Waals surface area contributed by atoms with Gasteiger partial charge in [0.25, 0.3) is 0 Å². The molecular formula is C5H7NO2S. The van der Waals surface area contributed by atoms with Crippen LogP contribution in [0.3, 0.4) is 0 Å². The summed E-state index contributed by atoms with van der Waals surface area (Å²) in [4.78, 5) is 10.7. The van der Waals surface area contributed by atoms with E-state index in [-0.39, 0.29) is 0 Å². The Morgan fingerprint density at radius 3 is 3.00 bits per heavy atom. The zero-order valence-corrected chi connectivity index (χ0v) is 5.57. The Bertz CT molecular complexity index is 155. The molecule has 0 saturated heterocycles. The quantitative estimate of drug-likeness (QED) is 0.555. The van der Waals surface area contributed by atoms with Crippen LogP contribution < -0.4 is 5.32 Å². The number of hydrogen-bond donors (Lipinski definition) is 2. The lowest BCUT2D eigenvalue weighted by Crippen LogP contribution is -2.19. The normalized spacial score (nSPS) is 18.9. The van der Waals surface area contributed by atoms with E-state index in [2.05, 4.69) is 5.32 Å². The van der Waals surface area contributed by atoms with E-state index in [0.717, 1.165) is 0 Å². The summed E-state index contributed by atoms with van der Waals surface area (Å²) in [5, 5.41) is 11.4. The minimum absolute atomic E-state index is 0.453. The largest absolute Gasteiger partial charge is 0.477 e. The fraction of sp³-hybridized carbons (Fsp3) is 0.400. The third-order valence-electron chi connectivity index (χ3n) is 0.972. The number of rotatable bonds is 1. The summed E-state index contributed by atoms with van der Waals surface area (Å²) in [6.45, 7) is 0.675. The van der Waals surface area contributed by atoms with Crippen LogP contribution in [0, 0.1) is 0 Å². The topological polar surface area (TPSA) is 49.3 Å². The maximum Gasteiger partial charge on any atom is 0.341 e. The highest BCUT2D eigenvalue weighted by molar-refractivity contribution is 8.03. The number of carboxylic acids is 1. The standard InChI is InChI=1S/C5H7NO2S/c7-5(8)4-1-2-6-3-9-4/h1,6H,2-3H2,(H,7,8). The Balaban J connectivity index is 2.57. The molecule has 0 radical (unpaired) electrons. The van der Waals surface area contributed by atoms with Gasteiger partial charge in [-0.2, -0.15) is 0 Å². The maximum atomic E-state index is 10.2. The van der Waals surface area contributed by atoms with Crippen molar-refractivity contribution in [3.63, 3.8) is 0 Å². The van der Waals surface area contributed by atoms with E-state index in [1.54, 1.807) is 6.08 Å². The van der Waals surface area contributed by atoms with Crippen LogP contribution in [-0.4, -0.2) is 23.5 Å². The van der Waals surface area contributed by atoms with E-state index in [9.17, 15) is 4.79 Å². The number of nitrogens with one attached hydrogen (secondary N) is 1. The van der Waals surface area contributed by atoms with Crippen molar-refractivity contribution in [3.8, 4) is 0 Å². The Morgan fingerprint density at radius 1 is 1.89 bits per heavy atom. The molecular weight excluding hydrogens is 138 g/mol. The Morgan fingerprint density at radius 2 is 2.67 bits per heavy atom. The highest BCUT2D eigenvalue weighted by Gasteiger charge is 2.09. The third-order valence-corrected chi connectivity index (χ3v) is 1.97. The van der Waals surface area contributed by atoms with Gasteiger partial charge in [-0.1, -0.05) is 0 Å². The molecule has 0 saturated carbocycles. The molecule has 0 bridgehead atoms. The Kier molecular flexibility index (Phi) is 2.13. The lowest BCUT2D eigenvalue weighted by molar-refractivity contribution is -0.131. The number of thioether (sulfide) groups is 1. The molecule has 0 spiro atoms. The van der Waals surface area contributed by atoms with Crippen molar-refractivity contribution in [2.75, 3.05) is 12.4 Å². The van der Waals surface area contributed by atoms with Crippen LogP contribution >= 0.6 is 11.8 Å². The summed E-state index contributed by atoms with van der Waals surface area (Å²) in [6.07, 6.45) is 1.68. The van der Waals surface area contributed by atoms with Crippen LogP contribution in [0.1, 0.15) is 0 Å². The number of hydrogen-bond acceptors (Lipinski definition) is 3. The molecule has 1 aliphatic rings. The van der Waals surface area contributed by atoms with Gasteiger partial charge in [0.1, 0.15) is 0 Å². The van der Waals surface area contributed by atoms with Gasteiger partial charge >= 0.3 is 5.97 Å². The van der Waals surface area contributed by atoms with Crippen molar-refractivity contribution in [3.05, 3.63) is 11.0 Å². The predicted octanol–water partition coefficient (Wildman–Crippen LogP) is 0.249. The first kappa shape index (κ1) is 6.64. The van der Waals surface area contributed by atoms with Crippen LogP contribution in [0.25, 0.3) is 0 Å². The summed E-state index contributed by atoms with van der Waals surface area (Å²) >= 11 is 1.32. The fourth-order valence-electron chi connectivity index (χ4n) is 0.561. The smallest absolute Gasteiger partial charge is 0.341 e. The second-order valence-corrected chi connectivity index (χ2v) is 2.63. The summed E-state index contributed by atoms with van der Waals surface area (Å²) in [5.41, 5.74) is 0. The molecule has 0 atom stereocenters. The van der Waals surface area contributed by atoms with Crippen LogP contribution in [0.15, 0.2) is 11.0 Å². The Labute approximate surface area is 57.1 Å². The maximum absolute atomic E-state index is 10.2. The fourth-order valence-corrected chi connectivity index (χ4v) is 1.26. The van der Waals surface area contributed by atoms with Gasteiger partial charge in [-0.3, -0.25) is 0 Å². The van der Waals surface area contributed by atoms with Gasteiger partial charge in [0, 0.05) is 12.4 Å². The van der Waals surface area contributed by atoms with Crippen LogP contribution in [0.2, 0.25) is 0 Å². The van der Waals surface area contributed by atoms with Crippen molar-refractivity contribution in [2.24, 2.45) is 0 Å². The number of aliphatic carboxylic acids is 1. The molecule has 50 valence electrons. The van der Waals surface area contributed by atoms with Crippen molar-refractivity contribution >= 4 is 17.7 Å². The zero-order valence-electron chi connectivity index (χ0n) is 4.76. The van der Waals surface area contributed by atoms with E-state index < -0.39 is 5.97 Å². The summed E-state index contributed by atoms with van der Waals surface area (Å²) in [6, 6.07) is 0. The molecule has 0 aromatic rings. The molecule has 0 fully saturated rings. The van der Waals surface area contributed by atoms with Gasteiger partial charge in [-0.25, -0.2) is 4.79 Å². The van der Waals surface area contributed by atoms with Gasteiger partial charge in [0.15, 0.2) is 0 Å². The first-order chi connectivity index (χ1) is 4.30. The molecule has 0 unspecified atom stereocenters. The Hall–Kier alpha value is -0.480. The van der Waals surface area contributed by atoms with E-state index in [4.69, 9.17) is 5.11 Å². The van der Waals surface area contributed by atoms with Crippen molar-refractivity contribution in [2.45, 2.75) is 0 Å². The van der Waals surface area contributed by atoms with Crippen LogP contribution in [0.5, 0.6) is 0 Å².